The van der Waals surface area contributed by atoms with Crippen LogP contribution >= 0.6 is 0 Å². The average Bonchev–Trinajstić information content (AvgIpc) is 2.66. The third-order valence-electron chi connectivity index (χ3n) is 4.23. The molecule has 1 rings (SSSR count). The molecule has 1 amide bonds. The Morgan fingerprint density at radius 2 is 1.89 bits per heavy atom. The molecule has 0 radical (unpaired) electrons. The Balaban J connectivity index is 2.64. The summed E-state index contributed by atoms with van der Waals surface area (Å²) in [6.07, 6.45) is 0. The van der Waals surface area contributed by atoms with Crippen LogP contribution in [-0.2, 0) is 16.1 Å². The number of rotatable bonds is 11. The van der Waals surface area contributed by atoms with E-state index >= 15 is 0 Å². The van der Waals surface area contributed by atoms with Gasteiger partial charge >= 0.3 is 0 Å². The minimum atomic E-state index is -0.537. The largest absolute Gasteiger partial charge is 0.491 e. The van der Waals surface area contributed by atoms with E-state index in [-0.39, 0.29) is 5.91 Å². The second kappa shape index (κ2) is 12.2. The van der Waals surface area contributed by atoms with Crippen molar-refractivity contribution in [2.24, 2.45) is 10.4 Å². The summed E-state index contributed by atoms with van der Waals surface area (Å²) in [5, 5.41) is 9.37. The Hall–Kier alpha value is -2.28. The number of carbonyl (C=O) groups is 1. The molecule has 0 aliphatic carbocycles. The van der Waals surface area contributed by atoms with Gasteiger partial charge in [0.05, 0.1) is 12.0 Å². The quantitative estimate of drug-likeness (QED) is 0.306. The summed E-state index contributed by atoms with van der Waals surface area (Å²) < 4.78 is 11.2. The van der Waals surface area contributed by atoms with Gasteiger partial charge in [-0.2, -0.15) is 0 Å². The molecule has 0 heterocycles. The lowest BCUT2D eigenvalue weighted by molar-refractivity contribution is -0.128. The number of guanidine groups is 1. The third kappa shape index (κ3) is 8.17. The van der Waals surface area contributed by atoms with E-state index in [9.17, 15) is 4.79 Å². The van der Waals surface area contributed by atoms with Crippen molar-refractivity contribution in [3.05, 3.63) is 29.3 Å². The molecule has 0 aliphatic heterocycles. The highest BCUT2D eigenvalue weighted by Crippen LogP contribution is 2.20. The molecule has 0 aliphatic rings. The van der Waals surface area contributed by atoms with E-state index in [1.165, 1.54) is 0 Å². The zero-order valence-corrected chi connectivity index (χ0v) is 18.1. The van der Waals surface area contributed by atoms with E-state index in [2.05, 4.69) is 27.0 Å². The molecule has 0 atom stereocenters. The maximum Gasteiger partial charge on any atom is 0.227 e. The van der Waals surface area contributed by atoms with Crippen LogP contribution in [0.3, 0.4) is 0 Å². The van der Waals surface area contributed by atoms with Crippen molar-refractivity contribution in [3.63, 3.8) is 0 Å². The maximum atomic E-state index is 12.1. The van der Waals surface area contributed by atoms with E-state index in [1.807, 2.05) is 46.8 Å². The summed E-state index contributed by atoms with van der Waals surface area (Å²) in [6.45, 7) is 13.1. The lowest BCUT2D eigenvalue weighted by Crippen LogP contribution is -2.47. The van der Waals surface area contributed by atoms with Gasteiger partial charge in [-0.15, -0.1) is 0 Å². The minimum Gasteiger partial charge on any atom is -0.491 e. The highest BCUT2D eigenvalue weighted by molar-refractivity contribution is 5.84. The topological polar surface area (TPSA) is 84.0 Å². The van der Waals surface area contributed by atoms with E-state index < -0.39 is 5.41 Å². The Morgan fingerprint density at radius 3 is 2.54 bits per heavy atom. The number of nitrogens with zero attached hydrogens (tertiary/aromatic N) is 1. The van der Waals surface area contributed by atoms with Gasteiger partial charge in [0.15, 0.2) is 5.96 Å². The van der Waals surface area contributed by atoms with Gasteiger partial charge in [0, 0.05) is 38.9 Å². The monoisotopic (exact) mass is 392 g/mol. The number of benzene rings is 1. The fourth-order valence-electron chi connectivity index (χ4n) is 2.48. The molecule has 1 aromatic rings. The summed E-state index contributed by atoms with van der Waals surface area (Å²) in [6, 6.07) is 6.13. The number of hydrogen-bond acceptors (Lipinski definition) is 4. The average molecular weight is 393 g/mol. The highest BCUT2D eigenvalue weighted by Gasteiger charge is 2.27. The molecule has 3 N–H and O–H groups in total. The van der Waals surface area contributed by atoms with Crippen LogP contribution in [0.15, 0.2) is 23.2 Å². The number of aryl methyl sites for hydroxylation is 1. The molecule has 0 fully saturated rings. The van der Waals surface area contributed by atoms with Crippen LogP contribution in [0.25, 0.3) is 0 Å². The van der Waals surface area contributed by atoms with Gasteiger partial charge in [0.1, 0.15) is 12.4 Å². The van der Waals surface area contributed by atoms with Crippen molar-refractivity contribution in [1.29, 1.82) is 0 Å². The van der Waals surface area contributed by atoms with Crippen LogP contribution in [-0.4, -0.2) is 51.8 Å². The maximum absolute atomic E-state index is 12.1. The van der Waals surface area contributed by atoms with Gasteiger partial charge < -0.3 is 25.4 Å². The van der Waals surface area contributed by atoms with E-state index in [0.29, 0.717) is 45.4 Å². The SMILES string of the molecule is CCNC(=O)C(C)(C)CNC(=NC)NCc1ccc(C)cc1OCCOCC. The Morgan fingerprint density at radius 1 is 1.14 bits per heavy atom. The molecular weight excluding hydrogens is 356 g/mol. The number of hydrogen-bond donors (Lipinski definition) is 3. The fraction of sp³-hybridized carbons (Fsp3) is 0.619. The first-order chi connectivity index (χ1) is 13.3. The summed E-state index contributed by atoms with van der Waals surface area (Å²) in [5.74, 6) is 1.49. The summed E-state index contributed by atoms with van der Waals surface area (Å²) in [4.78, 5) is 16.4. The second-order valence-electron chi connectivity index (χ2n) is 7.18. The Labute approximate surface area is 169 Å². The number of amides is 1. The zero-order chi connectivity index (χ0) is 21.0. The van der Waals surface area contributed by atoms with E-state index in [1.54, 1.807) is 7.05 Å². The van der Waals surface area contributed by atoms with Crippen LogP contribution in [0.2, 0.25) is 0 Å². The first-order valence-corrected chi connectivity index (χ1v) is 9.87. The van der Waals surface area contributed by atoms with Gasteiger partial charge in [-0.25, -0.2) is 0 Å². The van der Waals surface area contributed by atoms with Crippen molar-refractivity contribution in [1.82, 2.24) is 16.0 Å². The van der Waals surface area contributed by atoms with Crippen LogP contribution in [0.1, 0.15) is 38.8 Å². The lowest BCUT2D eigenvalue weighted by atomic mass is 9.92. The number of nitrogens with one attached hydrogen (secondary N) is 3. The van der Waals surface area contributed by atoms with Crippen LogP contribution in [0, 0.1) is 12.3 Å². The molecule has 158 valence electrons. The summed E-state index contributed by atoms with van der Waals surface area (Å²) in [7, 11) is 1.71. The van der Waals surface area contributed by atoms with Gasteiger partial charge in [0.2, 0.25) is 5.91 Å². The molecule has 7 nitrogen and oxygen atoms in total. The minimum absolute atomic E-state index is 0.0153. The van der Waals surface area contributed by atoms with E-state index in [0.717, 1.165) is 16.9 Å². The fourth-order valence-corrected chi connectivity index (χ4v) is 2.48. The molecule has 0 aromatic heterocycles. The van der Waals surface area contributed by atoms with Crippen LogP contribution in [0.4, 0.5) is 0 Å². The van der Waals surface area contributed by atoms with Crippen molar-refractivity contribution in [2.45, 2.75) is 41.2 Å². The zero-order valence-electron chi connectivity index (χ0n) is 18.1. The standard InChI is InChI=1S/C21H36N4O3/c1-7-23-19(26)21(4,5)15-25-20(22-6)24-14-17-10-9-16(3)13-18(17)28-12-11-27-8-2/h9-10,13H,7-8,11-12,14-15H2,1-6H3,(H,23,26)(H2,22,24,25). The van der Waals surface area contributed by atoms with E-state index in [4.69, 9.17) is 9.47 Å². The first-order valence-electron chi connectivity index (χ1n) is 9.87. The molecule has 1 aromatic carbocycles. The van der Waals surface area contributed by atoms with Crippen LogP contribution < -0.4 is 20.7 Å². The van der Waals surface area contributed by atoms with Crippen molar-refractivity contribution in [2.75, 3.05) is 40.0 Å². The van der Waals surface area contributed by atoms with Gasteiger partial charge in [-0.1, -0.05) is 12.1 Å². The molecular formula is C21H36N4O3. The van der Waals surface area contributed by atoms with Crippen molar-refractivity contribution in [3.8, 4) is 5.75 Å². The smallest absolute Gasteiger partial charge is 0.227 e. The predicted octanol–water partition coefficient (Wildman–Crippen LogP) is 2.24. The molecule has 0 spiro atoms. The predicted molar refractivity (Wildman–Crippen MR) is 114 cm³/mol. The number of carbonyl (C=O) groups excluding carboxylic acids is 1. The molecule has 0 unspecified atom stereocenters. The van der Waals surface area contributed by atoms with Crippen molar-refractivity contribution >= 4 is 11.9 Å². The summed E-state index contributed by atoms with van der Waals surface area (Å²) in [5.41, 5.74) is 1.64. The lowest BCUT2D eigenvalue weighted by Gasteiger charge is -2.25. The van der Waals surface area contributed by atoms with Crippen molar-refractivity contribution < 1.29 is 14.3 Å². The van der Waals surface area contributed by atoms with Gasteiger partial charge in [-0.3, -0.25) is 9.79 Å². The van der Waals surface area contributed by atoms with Crippen LogP contribution in [0.5, 0.6) is 5.75 Å². The molecule has 0 bridgehead atoms. The molecule has 7 heteroatoms. The third-order valence-corrected chi connectivity index (χ3v) is 4.23. The molecule has 28 heavy (non-hydrogen) atoms. The number of ether oxygens (including phenoxy) is 2. The Kier molecular flexibility index (Phi) is 10.4. The van der Waals surface area contributed by atoms with Gasteiger partial charge in [-0.05, 0) is 46.2 Å². The summed E-state index contributed by atoms with van der Waals surface area (Å²) >= 11 is 0. The molecule has 0 saturated carbocycles. The first kappa shape index (κ1) is 23.8. The Bertz CT molecular complexity index is 645. The normalized spacial score (nSPS) is 11.9. The second-order valence-corrected chi connectivity index (χ2v) is 7.18. The highest BCUT2D eigenvalue weighted by atomic mass is 16.5. The molecule has 0 saturated heterocycles. The van der Waals surface area contributed by atoms with Gasteiger partial charge in [0.25, 0.3) is 0 Å². The number of aliphatic imine (C=N–C) groups is 1.